The number of carbonyl (C=O) groups excluding carboxylic acids is 1. The number of rotatable bonds is 4. The molecule has 1 atom stereocenters. The Balaban J connectivity index is 1.66. The van der Waals surface area contributed by atoms with E-state index in [4.69, 9.17) is 0 Å². The van der Waals surface area contributed by atoms with Crippen LogP contribution in [0.25, 0.3) is 0 Å². The Labute approximate surface area is 111 Å². The van der Waals surface area contributed by atoms with Gasteiger partial charge in [-0.3, -0.25) is 4.79 Å². The maximum Gasteiger partial charge on any atom is 0.275 e. The zero-order chi connectivity index (χ0) is 12.4. The van der Waals surface area contributed by atoms with Crippen molar-refractivity contribution in [2.45, 2.75) is 31.7 Å². The van der Waals surface area contributed by atoms with Gasteiger partial charge in [0.25, 0.3) is 5.91 Å². The molecule has 1 aliphatic carbocycles. The molecule has 2 heterocycles. The molecule has 1 saturated heterocycles. The highest BCUT2D eigenvalue weighted by molar-refractivity contribution is 6.99. The quantitative estimate of drug-likeness (QED) is 0.888. The van der Waals surface area contributed by atoms with E-state index in [0.29, 0.717) is 17.7 Å². The second-order valence-corrected chi connectivity index (χ2v) is 5.75. The summed E-state index contributed by atoms with van der Waals surface area (Å²) >= 11 is 1.10. The molecule has 0 spiro atoms. The van der Waals surface area contributed by atoms with Crippen LogP contribution in [0.15, 0.2) is 6.20 Å². The van der Waals surface area contributed by atoms with Crippen molar-refractivity contribution < 1.29 is 4.79 Å². The number of hydrogen-bond donors (Lipinski definition) is 1. The van der Waals surface area contributed by atoms with Gasteiger partial charge in [-0.1, -0.05) is 0 Å². The SMILES string of the molecule is O=C(c1cnsn1)N(CC1CCCNC1)C1CC1. The van der Waals surface area contributed by atoms with Crippen molar-refractivity contribution in [3.8, 4) is 0 Å². The van der Waals surface area contributed by atoms with Crippen LogP contribution < -0.4 is 5.32 Å². The minimum absolute atomic E-state index is 0.0665. The first-order valence-electron chi connectivity index (χ1n) is 6.64. The number of nitrogens with zero attached hydrogens (tertiary/aromatic N) is 3. The molecular weight excluding hydrogens is 248 g/mol. The largest absolute Gasteiger partial charge is 0.334 e. The van der Waals surface area contributed by atoms with Gasteiger partial charge in [-0.15, -0.1) is 0 Å². The zero-order valence-electron chi connectivity index (χ0n) is 10.3. The van der Waals surface area contributed by atoms with Crippen molar-refractivity contribution in [2.75, 3.05) is 19.6 Å². The Hall–Kier alpha value is -1.01. The lowest BCUT2D eigenvalue weighted by Gasteiger charge is -2.29. The van der Waals surface area contributed by atoms with Crippen LogP contribution in [-0.2, 0) is 0 Å². The molecular formula is C12H18N4OS. The molecule has 2 aliphatic rings. The van der Waals surface area contributed by atoms with E-state index in [9.17, 15) is 4.79 Å². The van der Waals surface area contributed by atoms with E-state index in [1.807, 2.05) is 4.90 Å². The van der Waals surface area contributed by atoms with Crippen LogP contribution in [0.3, 0.4) is 0 Å². The third-order valence-electron chi connectivity index (χ3n) is 3.68. The molecule has 2 fully saturated rings. The highest BCUT2D eigenvalue weighted by atomic mass is 32.1. The summed E-state index contributed by atoms with van der Waals surface area (Å²) in [6.45, 7) is 3.02. The van der Waals surface area contributed by atoms with E-state index < -0.39 is 0 Å². The summed E-state index contributed by atoms with van der Waals surface area (Å²) in [7, 11) is 0. The minimum Gasteiger partial charge on any atom is -0.334 e. The van der Waals surface area contributed by atoms with Gasteiger partial charge in [0.15, 0.2) is 5.69 Å². The van der Waals surface area contributed by atoms with Gasteiger partial charge in [-0.25, -0.2) is 0 Å². The number of nitrogens with one attached hydrogen (secondary N) is 1. The van der Waals surface area contributed by atoms with E-state index in [2.05, 4.69) is 14.1 Å². The van der Waals surface area contributed by atoms with Gasteiger partial charge >= 0.3 is 0 Å². The van der Waals surface area contributed by atoms with Crippen LogP contribution in [0.2, 0.25) is 0 Å². The molecule has 0 aromatic carbocycles. The monoisotopic (exact) mass is 266 g/mol. The predicted molar refractivity (Wildman–Crippen MR) is 69.6 cm³/mol. The summed E-state index contributed by atoms with van der Waals surface area (Å²) in [5.41, 5.74) is 0.510. The highest BCUT2D eigenvalue weighted by Gasteiger charge is 2.35. The zero-order valence-corrected chi connectivity index (χ0v) is 11.2. The van der Waals surface area contributed by atoms with Crippen LogP contribution in [0.4, 0.5) is 0 Å². The van der Waals surface area contributed by atoms with E-state index in [-0.39, 0.29) is 5.91 Å². The molecule has 1 amide bonds. The average molecular weight is 266 g/mol. The summed E-state index contributed by atoms with van der Waals surface area (Å²) < 4.78 is 7.99. The summed E-state index contributed by atoms with van der Waals surface area (Å²) in [5.74, 6) is 0.659. The Morgan fingerprint density at radius 2 is 2.39 bits per heavy atom. The van der Waals surface area contributed by atoms with Gasteiger partial charge in [-0.2, -0.15) is 8.75 Å². The second kappa shape index (κ2) is 5.32. The van der Waals surface area contributed by atoms with Gasteiger partial charge < -0.3 is 10.2 Å². The summed E-state index contributed by atoms with van der Waals surface area (Å²) in [6.07, 6.45) is 6.31. The molecule has 1 N–H and O–H groups in total. The van der Waals surface area contributed by atoms with Crippen molar-refractivity contribution in [2.24, 2.45) is 5.92 Å². The fourth-order valence-electron chi connectivity index (χ4n) is 2.55. The highest BCUT2D eigenvalue weighted by Crippen LogP contribution is 2.29. The van der Waals surface area contributed by atoms with Crippen LogP contribution in [0.1, 0.15) is 36.2 Å². The third-order valence-corrected chi connectivity index (χ3v) is 4.16. The lowest BCUT2D eigenvalue weighted by Crippen LogP contribution is -2.42. The summed E-state index contributed by atoms with van der Waals surface area (Å²) in [5, 5.41) is 3.41. The molecule has 98 valence electrons. The predicted octanol–water partition coefficient (Wildman–Crippen LogP) is 1.14. The fourth-order valence-corrected chi connectivity index (χ4v) is 2.96. The fraction of sp³-hybridized carbons (Fsp3) is 0.750. The molecule has 1 saturated carbocycles. The molecule has 5 nitrogen and oxygen atoms in total. The molecule has 0 radical (unpaired) electrons. The van der Waals surface area contributed by atoms with Crippen molar-refractivity contribution in [1.29, 1.82) is 0 Å². The molecule has 1 aromatic heterocycles. The number of amides is 1. The summed E-state index contributed by atoms with van der Waals surface area (Å²) in [4.78, 5) is 14.4. The average Bonchev–Trinajstić information content (AvgIpc) is 3.10. The molecule has 0 bridgehead atoms. The molecule has 1 aromatic rings. The first-order valence-corrected chi connectivity index (χ1v) is 7.37. The maximum absolute atomic E-state index is 12.4. The Morgan fingerprint density at radius 3 is 3.00 bits per heavy atom. The van der Waals surface area contributed by atoms with Crippen LogP contribution in [0, 0.1) is 5.92 Å². The van der Waals surface area contributed by atoms with Gasteiger partial charge in [-0.05, 0) is 44.7 Å². The minimum atomic E-state index is 0.0665. The molecule has 6 heteroatoms. The van der Waals surface area contributed by atoms with Gasteiger partial charge in [0, 0.05) is 12.6 Å². The van der Waals surface area contributed by atoms with E-state index in [1.165, 1.54) is 12.8 Å². The molecule has 1 unspecified atom stereocenters. The van der Waals surface area contributed by atoms with Crippen molar-refractivity contribution in [3.05, 3.63) is 11.9 Å². The number of carbonyl (C=O) groups is 1. The smallest absolute Gasteiger partial charge is 0.275 e. The van der Waals surface area contributed by atoms with Crippen LogP contribution in [0.5, 0.6) is 0 Å². The lowest BCUT2D eigenvalue weighted by atomic mass is 9.99. The van der Waals surface area contributed by atoms with Crippen LogP contribution in [-0.4, -0.2) is 45.2 Å². The van der Waals surface area contributed by atoms with Gasteiger partial charge in [0.05, 0.1) is 17.9 Å². The van der Waals surface area contributed by atoms with E-state index in [1.54, 1.807) is 6.20 Å². The Kier molecular flexibility index (Phi) is 3.56. The molecule has 18 heavy (non-hydrogen) atoms. The molecule has 1 aliphatic heterocycles. The lowest BCUT2D eigenvalue weighted by molar-refractivity contribution is 0.0699. The number of piperidine rings is 1. The third kappa shape index (κ3) is 2.70. The Morgan fingerprint density at radius 1 is 1.50 bits per heavy atom. The second-order valence-electron chi connectivity index (χ2n) is 5.19. The summed E-state index contributed by atoms with van der Waals surface area (Å²) in [6, 6.07) is 0.445. The van der Waals surface area contributed by atoms with E-state index >= 15 is 0 Å². The maximum atomic E-state index is 12.4. The number of aromatic nitrogens is 2. The standard InChI is InChI=1S/C12H18N4OS/c17-12(11-7-14-18-15-11)16(10-3-4-10)8-9-2-1-5-13-6-9/h7,9-10,13H,1-6,8H2. The molecule has 3 rings (SSSR count). The normalized spacial score (nSPS) is 23.9. The number of hydrogen-bond acceptors (Lipinski definition) is 5. The first-order chi connectivity index (χ1) is 8.84. The Bertz CT molecular complexity index is 398. The van der Waals surface area contributed by atoms with E-state index in [0.717, 1.165) is 44.2 Å². The van der Waals surface area contributed by atoms with Crippen molar-refractivity contribution in [3.63, 3.8) is 0 Å². The van der Waals surface area contributed by atoms with Crippen molar-refractivity contribution in [1.82, 2.24) is 19.0 Å². The van der Waals surface area contributed by atoms with Gasteiger partial charge in [0.1, 0.15) is 0 Å². The van der Waals surface area contributed by atoms with Crippen LogP contribution >= 0.6 is 11.7 Å². The van der Waals surface area contributed by atoms with Crippen molar-refractivity contribution >= 4 is 17.6 Å². The topological polar surface area (TPSA) is 58.1 Å². The van der Waals surface area contributed by atoms with Gasteiger partial charge in [0.2, 0.25) is 0 Å². The first kappa shape index (κ1) is 12.0.